The zero-order valence-corrected chi connectivity index (χ0v) is 15.9. The van der Waals surface area contributed by atoms with Crippen LogP contribution in [0.15, 0.2) is 0 Å². The number of benzene rings is 2. The first-order chi connectivity index (χ1) is 11.2. The van der Waals surface area contributed by atoms with Gasteiger partial charge in [0.05, 0.1) is 23.3 Å². The van der Waals surface area contributed by atoms with Crippen molar-refractivity contribution in [3.8, 4) is 23.3 Å². The molecule has 0 fully saturated rings. The molecule has 0 aromatic heterocycles. The molecule has 2 rings (SSSR count). The van der Waals surface area contributed by atoms with Gasteiger partial charge in [0.15, 0.2) is 0 Å². The summed E-state index contributed by atoms with van der Waals surface area (Å²) in [6.07, 6.45) is 0. The molecule has 0 atom stereocenters. The van der Waals surface area contributed by atoms with E-state index in [1.54, 1.807) is 0 Å². The van der Waals surface area contributed by atoms with Gasteiger partial charge in [0.2, 0.25) is 0 Å². The Balaban J connectivity index is 3.12. The highest BCUT2D eigenvalue weighted by Gasteiger charge is 2.22. The summed E-state index contributed by atoms with van der Waals surface area (Å²) in [6, 6.07) is 4.61. The highest BCUT2D eigenvalue weighted by atomic mass is 14.3. The van der Waals surface area contributed by atoms with Gasteiger partial charge in [-0.25, -0.2) is 0 Å². The summed E-state index contributed by atoms with van der Waals surface area (Å²) < 4.78 is 0. The molecule has 0 saturated heterocycles. The molecular weight excluding hydrogens is 292 g/mol. The van der Waals surface area contributed by atoms with E-state index >= 15 is 0 Å². The normalized spacial score (nSPS) is 10.4. The second-order valence-electron chi connectivity index (χ2n) is 6.72. The third-order valence-corrected chi connectivity index (χ3v) is 5.72. The first-order valence-electron chi connectivity index (χ1n) is 8.20. The summed E-state index contributed by atoms with van der Waals surface area (Å²) in [6.45, 7) is 16.6. The van der Waals surface area contributed by atoms with E-state index < -0.39 is 0 Å². The molecule has 0 aliphatic rings. The molecule has 0 amide bonds. The first-order valence-corrected chi connectivity index (χ1v) is 8.20. The lowest BCUT2D eigenvalue weighted by Gasteiger charge is -2.23. The molecule has 0 spiro atoms. The van der Waals surface area contributed by atoms with Crippen LogP contribution in [0.25, 0.3) is 11.1 Å². The van der Waals surface area contributed by atoms with Gasteiger partial charge >= 0.3 is 0 Å². The van der Waals surface area contributed by atoms with Crippen LogP contribution in [-0.4, -0.2) is 0 Å². The molecule has 24 heavy (non-hydrogen) atoms. The third-order valence-electron chi connectivity index (χ3n) is 5.72. The number of rotatable bonds is 1. The lowest BCUT2D eigenvalue weighted by Crippen LogP contribution is -2.06. The van der Waals surface area contributed by atoms with Crippen LogP contribution in [0.2, 0.25) is 0 Å². The van der Waals surface area contributed by atoms with Gasteiger partial charge in [-0.15, -0.1) is 0 Å². The van der Waals surface area contributed by atoms with Crippen LogP contribution in [0.1, 0.15) is 55.6 Å². The monoisotopic (exact) mass is 316 g/mol. The van der Waals surface area contributed by atoms with Crippen molar-refractivity contribution in [3.05, 3.63) is 55.6 Å². The molecule has 0 saturated carbocycles. The quantitative estimate of drug-likeness (QED) is 0.691. The molecule has 0 N–H and O–H groups in total. The van der Waals surface area contributed by atoms with Crippen molar-refractivity contribution in [2.24, 2.45) is 0 Å². The van der Waals surface area contributed by atoms with Gasteiger partial charge in [0, 0.05) is 0 Å². The average Bonchev–Trinajstić information content (AvgIpc) is 2.55. The van der Waals surface area contributed by atoms with Crippen molar-refractivity contribution in [2.45, 2.75) is 55.4 Å². The number of nitrogens with zero attached hydrogens (tertiary/aromatic N) is 2. The summed E-state index contributed by atoms with van der Waals surface area (Å²) in [5, 5.41) is 19.2. The van der Waals surface area contributed by atoms with Crippen molar-refractivity contribution >= 4 is 0 Å². The molecule has 2 aromatic rings. The van der Waals surface area contributed by atoms with Crippen molar-refractivity contribution in [1.29, 1.82) is 10.5 Å². The van der Waals surface area contributed by atoms with E-state index in [2.05, 4.69) is 46.8 Å². The minimum Gasteiger partial charge on any atom is -0.192 e. The van der Waals surface area contributed by atoms with Gasteiger partial charge in [0.1, 0.15) is 0 Å². The Morgan fingerprint density at radius 2 is 0.708 bits per heavy atom. The zero-order chi connectivity index (χ0) is 18.3. The lowest BCUT2D eigenvalue weighted by atomic mass is 9.80. The minimum absolute atomic E-state index is 0.627. The second kappa shape index (κ2) is 6.14. The summed E-state index contributed by atoms with van der Waals surface area (Å²) in [4.78, 5) is 0. The third kappa shape index (κ3) is 2.31. The van der Waals surface area contributed by atoms with Gasteiger partial charge in [0.25, 0.3) is 0 Å². The van der Waals surface area contributed by atoms with Gasteiger partial charge < -0.3 is 0 Å². The molecule has 0 heterocycles. The molecular formula is C22H24N2. The Labute approximate surface area is 145 Å². The fourth-order valence-corrected chi connectivity index (χ4v) is 3.80. The Morgan fingerprint density at radius 1 is 0.417 bits per heavy atom. The van der Waals surface area contributed by atoms with Crippen molar-refractivity contribution in [2.75, 3.05) is 0 Å². The van der Waals surface area contributed by atoms with Gasteiger partial charge in [-0.2, -0.15) is 10.5 Å². The highest BCUT2D eigenvalue weighted by Crippen LogP contribution is 2.40. The molecule has 0 aliphatic heterocycles. The maximum absolute atomic E-state index is 9.61. The smallest absolute Gasteiger partial charge is 0.0997 e. The van der Waals surface area contributed by atoms with E-state index in [0.29, 0.717) is 11.1 Å². The standard InChI is InChI=1S/C22H24N2/c1-11-12(2)14(4)21(15(5)13(11)3)22-17(7)19(9-23)16(6)20(10-24)18(22)8/h1-8H3. The lowest BCUT2D eigenvalue weighted by molar-refractivity contribution is 1.16. The SMILES string of the molecule is Cc1c(C)c(C)c(-c2c(C)c(C#N)c(C)c(C#N)c2C)c(C)c1C. The average molecular weight is 316 g/mol. The Hall–Kier alpha value is -2.58. The number of hydrogen-bond acceptors (Lipinski definition) is 2. The molecule has 122 valence electrons. The van der Waals surface area contributed by atoms with Gasteiger partial charge in [-0.05, 0) is 111 Å². The van der Waals surface area contributed by atoms with Gasteiger partial charge in [-0.3, -0.25) is 0 Å². The summed E-state index contributed by atoms with van der Waals surface area (Å²) >= 11 is 0. The van der Waals surface area contributed by atoms with Crippen LogP contribution in [0.4, 0.5) is 0 Å². The van der Waals surface area contributed by atoms with Crippen LogP contribution in [0.3, 0.4) is 0 Å². The fraction of sp³-hybridized carbons (Fsp3) is 0.364. The van der Waals surface area contributed by atoms with Crippen LogP contribution >= 0.6 is 0 Å². The van der Waals surface area contributed by atoms with E-state index in [1.807, 2.05) is 20.8 Å². The highest BCUT2D eigenvalue weighted by molar-refractivity contribution is 5.83. The van der Waals surface area contributed by atoms with E-state index in [-0.39, 0.29) is 0 Å². The molecule has 2 nitrogen and oxygen atoms in total. The van der Waals surface area contributed by atoms with Crippen molar-refractivity contribution < 1.29 is 0 Å². The van der Waals surface area contributed by atoms with Crippen LogP contribution in [-0.2, 0) is 0 Å². The van der Waals surface area contributed by atoms with E-state index in [4.69, 9.17) is 0 Å². The van der Waals surface area contributed by atoms with Crippen molar-refractivity contribution in [1.82, 2.24) is 0 Å². The molecule has 2 aromatic carbocycles. The van der Waals surface area contributed by atoms with Crippen LogP contribution in [0.5, 0.6) is 0 Å². The summed E-state index contributed by atoms with van der Waals surface area (Å²) in [5.41, 5.74) is 12.6. The summed E-state index contributed by atoms with van der Waals surface area (Å²) in [7, 11) is 0. The topological polar surface area (TPSA) is 47.6 Å². The largest absolute Gasteiger partial charge is 0.192 e. The molecule has 2 heteroatoms. The number of hydrogen-bond donors (Lipinski definition) is 0. The van der Waals surface area contributed by atoms with E-state index in [9.17, 15) is 10.5 Å². The molecule has 0 radical (unpaired) electrons. The summed E-state index contributed by atoms with van der Waals surface area (Å²) in [5.74, 6) is 0. The molecule has 0 unspecified atom stereocenters. The van der Waals surface area contributed by atoms with Crippen molar-refractivity contribution in [3.63, 3.8) is 0 Å². The fourth-order valence-electron chi connectivity index (χ4n) is 3.80. The molecule has 0 bridgehead atoms. The zero-order valence-electron chi connectivity index (χ0n) is 15.9. The van der Waals surface area contributed by atoms with Gasteiger partial charge in [-0.1, -0.05) is 0 Å². The Morgan fingerprint density at radius 3 is 1.04 bits per heavy atom. The van der Waals surface area contributed by atoms with Crippen LogP contribution in [0, 0.1) is 78.1 Å². The van der Waals surface area contributed by atoms with Crippen LogP contribution < -0.4 is 0 Å². The predicted molar refractivity (Wildman–Crippen MR) is 99.2 cm³/mol. The Kier molecular flexibility index (Phi) is 4.54. The predicted octanol–water partition coefficient (Wildman–Crippen LogP) is 5.56. The maximum atomic E-state index is 9.61. The minimum atomic E-state index is 0.627. The second-order valence-corrected chi connectivity index (χ2v) is 6.72. The molecule has 0 aliphatic carbocycles. The Bertz CT molecular complexity index is 878. The number of nitriles is 2. The van der Waals surface area contributed by atoms with E-state index in [0.717, 1.165) is 22.3 Å². The van der Waals surface area contributed by atoms with E-state index in [1.165, 1.54) is 33.4 Å². The maximum Gasteiger partial charge on any atom is 0.0997 e. The first kappa shape index (κ1) is 17.8.